The molecule has 11 heavy (non-hydrogen) atoms. The molecule has 0 rings (SSSR count). The first-order chi connectivity index (χ1) is 5.26. The maximum atomic E-state index is 3.67. The Bertz CT molecular complexity index is 136. The normalized spacial score (nSPS) is 9.27. The first-order valence-electron chi connectivity index (χ1n) is 3.75. The fraction of sp³-hybridized carbons (Fsp3) is 0.444. The summed E-state index contributed by atoms with van der Waals surface area (Å²) in [6.45, 7) is 12.9. The molecular formula is C9H18N2. The number of rotatable bonds is 3. The number of allylic oxidation sites excluding steroid dienone is 2. The zero-order chi connectivity index (χ0) is 9.28. The Balaban J connectivity index is 0. The third kappa shape index (κ3) is 5.40. The molecule has 2 nitrogen and oxygen atoms in total. The molecule has 64 valence electrons. The van der Waals surface area contributed by atoms with Crippen LogP contribution in [0, 0.1) is 0 Å². The maximum absolute atomic E-state index is 3.67. The molecule has 2 heteroatoms. The van der Waals surface area contributed by atoms with Gasteiger partial charge in [-0.25, -0.2) is 0 Å². The van der Waals surface area contributed by atoms with E-state index in [4.69, 9.17) is 0 Å². The predicted octanol–water partition coefficient (Wildman–Crippen LogP) is 2.65. The number of hydrogen-bond acceptors (Lipinski definition) is 2. The van der Waals surface area contributed by atoms with Crippen molar-refractivity contribution in [3.05, 3.63) is 24.4 Å². The summed E-state index contributed by atoms with van der Waals surface area (Å²) < 4.78 is 0. The first-order valence-corrected chi connectivity index (χ1v) is 3.75. The van der Waals surface area contributed by atoms with E-state index >= 15 is 0 Å². The van der Waals surface area contributed by atoms with E-state index in [1.54, 1.807) is 11.1 Å². The van der Waals surface area contributed by atoms with Gasteiger partial charge in [-0.2, -0.15) is 5.10 Å². The Kier molecular flexibility index (Phi) is 10.3. The summed E-state index contributed by atoms with van der Waals surface area (Å²) in [6, 6.07) is 0. The summed E-state index contributed by atoms with van der Waals surface area (Å²) in [5.41, 5.74) is 0.963. The lowest BCUT2D eigenvalue weighted by molar-refractivity contribution is 0.465. The SMILES string of the molecule is C=C/C(=C/C)N(C)N=C.CC. The van der Waals surface area contributed by atoms with Crippen LogP contribution in [0.2, 0.25) is 0 Å². The van der Waals surface area contributed by atoms with Gasteiger partial charge in [0.2, 0.25) is 0 Å². The van der Waals surface area contributed by atoms with E-state index in [0.29, 0.717) is 0 Å². The Labute approximate surface area is 69.9 Å². The van der Waals surface area contributed by atoms with Crippen molar-refractivity contribution in [2.45, 2.75) is 20.8 Å². The van der Waals surface area contributed by atoms with Crippen LogP contribution in [-0.2, 0) is 0 Å². The number of hydrazone groups is 1. The number of hydrogen-bond donors (Lipinski definition) is 0. The zero-order valence-electron chi connectivity index (χ0n) is 7.96. The van der Waals surface area contributed by atoms with Gasteiger partial charge in [0.05, 0.1) is 5.70 Å². The molecule has 0 saturated carbocycles. The van der Waals surface area contributed by atoms with Crippen molar-refractivity contribution >= 4 is 6.72 Å². The van der Waals surface area contributed by atoms with Crippen molar-refractivity contribution in [1.29, 1.82) is 0 Å². The summed E-state index contributed by atoms with van der Waals surface area (Å²) in [5.74, 6) is 0. The van der Waals surface area contributed by atoms with Crippen molar-refractivity contribution < 1.29 is 0 Å². The fourth-order valence-corrected chi connectivity index (χ4v) is 0.518. The average Bonchev–Trinajstić information content (AvgIpc) is 2.10. The van der Waals surface area contributed by atoms with Crippen LogP contribution in [0.25, 0.3) is 0 Å². The van der Waals surface area contributed by atoms with E-state index < -0.39 is 0 Å². The molecule has 0 amide bonds. The van der Waals surface area contributed by atoms with Crippen LogP contribution in [0.4, 0.5) is 0 Å². The summed E-state index contributed by atoms with van der Waals surface area (Å²) in [4.78, 5) is 0. The van der Waals surface area contributed by atoms with Crippen LogP contribution in [0.1, 0.15) is 20.8 Å². The van der Waals surface area contributed by atoms with Gasteiger partial charge in [0.25, 0.3) is 0 Å². The van der Waals surface area contributed by atoms with Gasteiger partial charge in [-0.1, -0.05) is 26.5 Å². The highest BCUT2D eigenvalue weighted by Crippen LogP contribution is 2.00. The van der Waals surface area contributed by atoms with Crippen LogP contribution in [-0.4, -0.2) is 18.8 Å². The third-order valence-electron chi connectivity index (χ3n) is 1.09. The minimum absolute atomic E-state index is 0.963. The molecular weight excluding hydrogens is 136 g/mol. The van der Waals surface area contributed by atoms with Crippen LogP contribution in [0.15, 0.2) is 29.5 Å². The maximum Gasteiger partial charge on any atom is 0.0541 e. The fourth-order valence-electron chi connectivity index (χ4n) is 0.518. The summed E-state index contributed by atoms with van der Waals surface area (Å²) in [6.07, 6.45) is 3.65. The largest absolute Gasteiger partial charge is 0.270 e. The van der Waals surface area contributed by atoms with E-state index in [-0.39, 0.29) is 0 Å². The topological polar surface area (TPSA) is 15.6 Å². The van der Waals surface area contributed by atoms with Crippen LogP contribution < -0.4 is 0 Å². The van der Waals surface area contributed by atoms with Gasteiger partial charge in [-0.05, 0) is 13.0 Å². The van der Waals surface area contributed by atoms with E-state index in [1.165, 1.54) is 0 Å². The predicted molar refractivity (Wildman–Crippen MR) is 52.6 cm³/mol. The molecule has 0 aromatic rings. The molecule has 0 N–H and O–H groups in total. The van der Waals surface area contributed by atoms with Crippen molar-refractivity contribution in [1.82, 2.24) is 5.01 Å². The van der Waals surface area contributed by atoms with Gasteiger partial charge in [0.15, 0.2) is 0 Å². The van der Waals surface area contributed by atoms with E-state index in [0.717, 1.165) is 5.70 Å². The third-order valence-corrected chi connectivity index (χ3v) is 1.09. The van der Waals surface area contributed by atoms with Crippen LogP contribution >= 0.6 is 0 Å². The molecule has 0 spiro atoms. The van der Waals surface area contributed by atoms with Gasteiger partial charge < -0.3 is 0 Å². The van der Waals surface area contributed by atoms with Gasteiger partial charge in [-0.3, -0.25) is 5.01 Å². The summed E-state index contributed by atoms with van der Waals surface area (Å²) in [7, 11) is 1.82. The van der Waals surface area contributed by atoms with Crippen molar-refractivity contribution in [2.24, 2.45) is 5.10 Å². The molecule has 0 unspecified atom stereocenters. The second-order valence-electron chi connectivity index (χ2n) is 1.58. The second kappa shape index (κ2) is 8.95. The lowest BCUT2D eigenvalue weighted by Gasteiger charge is -2.11. The van der Waals surface area contributed by atoms with Crippen LogP contribution in [0.3, 0.4) is 0 Å². The lowest BCUT2D eigenvalue weighted by Crippen LogP contribution is -2.06. The van der Waals surface area contributed by atoms with Crippen molar-refractivity contribution in [2.75, 3.05) is 7.05 Å². The molecule has 0 bridgehead atoms. The van der Waals surface area contributed by atoms with E-state index in [9.17, 15) is 0 Å². The molecule has 0 saturated heterocycles. The Hall–Kier alpha value is -1.05. The minimum Gasteiger partial charge on any atom is -0.270 e. The standard InChI is InChI=1S/C7H12N2.C2H6/c1-5-7(6-2)9(4)8-3;1-2/h5-6H,1,3H2,2,4H3;1-2H3/b7-6-;. The number of likely N-dealkylation sites (N-methyl/N-ethyl adjacent to an activating group) is 1. The van der Waals surface area contributed by atoms with Crippen molar-refractivity contribution in [3.63, 3.8) is 0 Å². The molecule has 0 fully saturated rings. The van der Waals surface area contributed by atoms with Gasteiger partial charge in [-0.15, -0.1) is 0 Å². The quantitative estimate of drug-likeness (QED) is 0.346. The van der Waals surface area contributed by atoms with E-state index in [1.807, 2.05) is 33.9 Å². The summed E-state index contributed by atoms with van der Waals surface area (Å²) >= 11 is 0. The summed E-state index contributed by atoms with van der Waals surface area (Å²) in [5, 5.41) is 5.33. The Morgan fingerprint density at radius 1 is 1.45 bits per heavy atom. The minimum atomic E-state index is 0.963. The first kappa shape index (κ1) is 12.6. The van der Waals surface area contributed by atoms with Gasteiger partial charge >= 0.3 is 0 Å². The van der Waals surface area contributed by atoms with Gasteiger partial charge in [0.1, 0.15) is 0 Å². The zero-order valence-corrected chi connectivity index (χ0v) is 7.96. The molecule has 0 aliphatic heterocycles. The highest BCUT2D eigenvalue weighted by molar-refractivity contribution is 5.24. The van der Waals surface area contributed by atoms with Gasteiger partial charge in [0, 0.05) is 13.8 Å². The monoisotopic (exact) mass is 154 g/mol. The molecule has 0 radical (unpaired) electrons. The Morgan fingerprint density at radius 2 is 1.91 bits per heavy atom. The molecule has 0 aromatic carbocycles. The molecule has 0 aliphatic rings. The smallest absolute Gasteiger partial charge is 0.0541 e. The van der Waals surface area contributed by atoms with Crippen LogP contribution in [0.5, 0.6) is 0 Å². The van der Waals surface area contributed by atoms with Crippen molar-refractivity contribution in [3.8, 4) is 0 Å². The number of nitrogens with zero attached hydrogens (tertiary/aromatic N) is 2. The molecule has 0 atom stereocenters. The highest BCUT2D eigenvalue weighted by atomic mass is 15.4. The molecule has 0 aromatic heterocycles. The molecule has 0 heterocycles. The molecule has 0 aliphatic carbocycles. The average molecular weight is 154 g/mol. The second-order valence-corrected chi connectivity index (χ2v) is 1.58. The Morgan fingerprint density at radius 3 is 2.00 bits per heavy atom. The lowest BCUT2D eigenvalue weighted by atomic mass is 10.4. The highest BCUT2D eigenvalue weighted by Gasteiger charge is 1.91. The van der Waals surface area contributed by atoms with E-state index in [2.05, 4.69) is 18.4 Å².